The summed E-state index contributed by atoms with van der Waals surface area (Å²) in [6.07, 6.45) is 2.68. The Morgan fingerprint density at radius 2 is 1.92 bits per heavy atom. The van der Waals surface area contributed by atoms with Crippen LogP contribution in [0.15, 0.2) is 54.7 Å². The lowest BCUT2D eigenvalue weighted by atomic mass is 9.96. The number of likely N-dealkylation sites (tertiary alicyclic amines) is 1. The van der Waals surface area contributed by atoms with Crippen LogP contribution >= 0.6 is 0 Å². The van der Waals surface area contributed by atoms with E-state index in [1.54, 1.807) is 17.0 Å². The number of benzene rings is 1. The van der Waals surface area contributed by atoms with Crippen LogP contribution in [0.5, 0.6) is 0 Å². The average Bonchev–Trinajstić information content (AvgIpc) is 3.12. The molecular weight excluding hydrogens is 316 g/mol. The zero-order valence-electron chi connectivity index (χ0n) is 13.8. The number of aliphatic hydroxyl groups is 1. The van der Waals surface area contributed by atoms with Crippen LogP contribution in [0.1, 0.15) is 36.3 Å². The van der Waals surface area contributed by atoms with Gasteiger partial charge in [0.05, 0.1) is 0 Å². The van der Waals surface area contributed by atoms with E-state index in [9.17, 15) is 9.90 Å². The molecular formula is C19H20N4O2. The number of fused-ring (bicyclic) bond motifs is 1. The fraction of sp³-hybridized carbons (Fsp3) is 0.316. The molecule has 0 radical (unpaired) electrons. The summed E-state index contributed by atoms with van der Waals surface area (Å²) in [5.74, 6) is 0.755. The van der Waals surface area contributed by atoms with Crippen molar-refractivity contribution in [2.45, 2.75) is 24.9 Å². The Labute approximate surface area is 145 Å². The number of nitrogens with zero attached hydrogens (tertiary/aromatic N) is 4. The van der Waals surface area contributed by atoms with Crippen molar-refractivity contribution in [3.05, 3.63) is 66.1 Å². The number of hydrogen-bond acceptors (Lipinski definition) is 4. The van der Waals surface area contributed by atoms with Gasteiger partial charge in [-0.15, -0.1) is 10.2 Å². The molecule has 1 aliphatic heterocycles. The second-order valence-corrected chi connectivity index (χ2v) is 6.42. The maximum absolute atomic E-state index is 12.7. The Hall–Kier alpha value is -2.73. The van der Waals surface area contributed by atoms with E-state index < -0.39 is 6.10 Å². The minimum Gasteiger partial charge on any atom is -0.378 e. The molecule has 0 spiro atoms. The van der Waals surface area contributed by atoms with E-state index in [1.165, 1.54) is 0 Å². The Morgan fingerprint density at radius 3 is 2.76 bits per heavy atom. The smallest absolute Gasteiger partial charge is 0.256 e. The third-order valence-corrected chi connectivity index (χ3v) is 4.79. The van der Waals surface area contributed by atoms with Crippen molar-refractivity contribution in [3.8, 4) is 0 Å². The van der Waals surface area contributed by atoms with Gasteiger partial charge in [-0.3, -0.25) is 9.20 Å². The first-order valence-electron chi connectivity index (χ1n) is 8.55. The molecule has 4 rings (SSSR count). The van der Waals surface area contributed by atoms with Crippen molar-refractivity contribution in [1.29, 1.82) is 0 Å². The van der Waals surface area contributed by atoms with Crippen LogP contribution in [0.3, 0.4) is 0 Å². The maximum atomic E-state index is 12.7. The second kappa shape index (κ2) is 6.64. The van der Waals surface area contributed by atoms with E-state index in [1.807, 2.05) is 47.0 Å². The zero-order chi connectivity index (χ0) is 17.2. The van der Waals surface area contributed by atoms with Gasteiger partial charge in [-0.1, -0.05) is 36.4 Å². The quantitative estimate of drug-likeness (QED) is 0.796. The molecule has 1 aromatic carbocycles. The Bertz CT molecular complexity index is 877. The van der Waals surface area contributed by atoms with Crippen LogP contribution in [0.4, 0.5) is 0 Å². The Morgan fingerprint density at radius 1 is 1.12 bits per heavy atom. The number of aliphatic hydroxyl groups excluding tert-OH is 1. The second-order valence-electron chi connectivity index (χ2n) is 6.42. The van der Waals surface area contributed by atoms with Gasteiger partial charge in [0.1, 0.15) is 5.82 Å². The third-order valence-electron chi connectivity index (χ3n) is 4.79. The zero-order valence-corrected chi connectivity index (χ0v) is 13.8. The largest absolute Gasteiger partial charge is 0.378 e. The van der Waals surface area contributed by atoms with E-state index in [-0.39, 0.29) is 11.8 Å². The van der Waals surface area contributed by atoms with E-state index in [0.717, 1.165) is 24.3 Å². The van der Waals surface area contributed by atoms with Gasteiger partial charge < -0.3 is 10.0 Å². The molecule has 1 saturated heterocycles. The normalized spacial score (nSPS) is 19.1. The van der Waals surface area contributed by atoms with Gasteiger partial charge in [0, 0.05) is 25.2 Å². The highest BCUT2D eigenvalue weighted by Crippen LogP contribution is 2.28. The molecule has 2 aromatic heterocycles. The summed E-state index contributed by atoms with van der Waals surface area (Å²) in [5.41, 5.74) is 1.44. The van der Waals surface area contributed by atoms with Crippen LogP contribution in [-0.2, 0) is 4.79 Å². The lowest BCUT2D eigenvalue weighted by Gasteiger charge is -2.33. The average molecular weight is 336 g/mol. The molecule has 2 atom stereocenters. The van der Waals surface area contributed by atoms with E-state index in [0.29, 0.717) is 18.7 Å². The van der Waals surface area contributed by atoms with Gasteiger partial charge in [0.2, 0.25) is 0 Å². The fourth-order valence-corrected chi connectivity index (χ4v) is 3.48. The van der Waals surface area contributed by atoms with Gasteiger partial charge in [0.15, 0.2) is 11.8 Å². The van der Waals surface area contributed by atoms with Crippen molar-refractivity contribution in [3.63, 3.8) is 0 Å². The first-order chi connectivity index (χ1) is 12.2. The Kier molecular flexibility index (Phi) is 4.19. The van der Waals surface area contributed by atoms with Gasteiger partial charge in [-0.25, -0.2) is 0 Å². The molecule has 1 fully saturated rings. The predicted molar refractivity (Wildman–Crippen MR) is 92.9 cm³/mol. The molecule has 3 aromatic rings. The molecule has 1 aliphatic rings. The van der Waals surface area contributed by atoms with E-state index >= 15 is 0 Å². The van der Waals surface area contributed by atoms with Gasteiger partial charge in [0.25, 0.3) is 5.91 Å². The number of rotatable bonds is 3. The summed E-state index contributed by atoms with van der Waals surface area (Å²) in [7, 11) is 0. The maximum Gasteiger partial charge on any atom is 0.256 e. The number of carbonyl (C=O) groups is 1. The molecule has 1 amide bonds. The molecule has 6 heteroatoms. The topological polar surface area (TPSA) is 70.7 Å². The third kappa shape index (κ3) is 3.00. The van der Waals surface area contributed by atoms with Crippen molar-refractivity contribution >= 4 is 11.6 Å². The van der Waals surface area contributed by atoms with Gasteiger partial charge in [-0.05, 0) is 30.5 Å². The lowest BCUT2D eigenvalue weighted by molar-refractivity contribution is -0.141. The highest BCUT2D eigenvalue weighted by Gasteiger charge is 2.31. The van der Waals surface area contributed by atoms with Crippen LogP contribution in [0.2, 0.25) is 0 Å². The first kappa shape index (κ1) is 15.8. The standard InChI is InChI=1S/C19H20N4O2/c24-17(14-7-2-1-3-8-14)19(25)22-11-6-9-15(13-22)18-21-20-16-10-4-5-12-23(16)18/h1-5,7-8,10,12,15,17,24H,6,9,11,13H2. The van der Waals surface area contributed by atoms with Crippen molar-refractivity contribution < 1.29 is 9.90 Å². The van der Waals surface area contributed by atoms with Crippen LogP contribution in [0.25, 0.3) is 5.65 Å². The van der Waals surface area contributed by atoms with Crippen molar-refractivity contribution in [1.82, 2.24) is 19.5 Å². The monoisotopic (exact) mass is 336 g/mol. The molecule has 0 saturated carbocycles. The molecule has 25 heavy (non-hydrogen) atoms. The highest BCUT2D eigenvalue weighted by atomic mass is 16.3. The Balaban J connectivity index is 1.54. The number of piperidine rings is 1. The number of pyridine rings is 1. The van der Waals surface area contributed by atoms with Gasteiger partial charge in [-0.2, -0.15) is 0 Å². The molecule has 6 nitrogen and oxygen atoms in total. The van der Waals surface area contributed by atoms with E-state index in [4.69, 9.17) is 0 Å². The molecule has 2 unspecified atom stereocenters. The van der Waals surface area contributed by atoms with Crippen LogP contribution in [0, 0.1) is 0 Å². The van der Waals surface area contributed by atoms with Crippen molar-refractivity contribution in [2.75, 3.05) is 13.1 Å². The lowest BCUT2D eigenvalue weighted by Crippen LogP contribution is -2.42. The number of hydrogen-bond donors (Lipinski definition) is 1. The molecule has 0 bridgehead atoms. The minimum absolute atomic E-state index is 0.123. The fourth-order valence-electron chi connectivity index (χ4n) is 3.48. The minimum atomic E-state index is -1.12. The summed E-state index contributed by atoms with van der Waals surface area (Å²) < 4.78 is 1.98. The summed E-state index contributed by atoms with van der Waals surface area (Å²) in [5, 5.41) is 18.9. The summed E-state index contributed by atoms with van der Waals surface area (Å²) in [6, 6.07) is 14.9. The van der Waals surface area contributed by atoms with E-state index in [2.05, 4.69) is 10.2 Å². The molecule has 1 N–H and O–H groups in total. The molecule has 128 valence electrons. The number of amides is 1. The van der Waals surface area contributed by atoms with Gasteiger partial charge >= 0.3 is 0 Å². The SMILES string of the molecule is O=C(C(O)c1ccccc1)N1CCCC(c2nnc3ccccn23)C1. The first-order valence-corrected chi connectivity index (χ1v) is 8.55. The predicted octanol–water partition coefficient (Wildman–Crippen LogP) is 2.17. The summed E-state index contributed by atoms with van der Waals surface area (Å²) >= 11 is 0. The summed E-state index contributed by atoms with van der Waals surface area (Å²) in [4.78, 5) is 14.5. The van der Waals surface area contributed by atoms with Crippen LogP contribution in [-0.4, -0.2) is 43.6 Å². The molecule has 0 aliphatic carbocycles. The number of carbonyl (C=O) groups excluding carboxylic acids is 1. The number of aromatic nitrogens is 3. The molecule has 3 heterocycles. The van der Waals surface area contributed by atoms with Crippen molar-refractivity contribution in [2.24, 2.45) is 0 Å². The highest BCUT2D eigenvalue weighted by molar-refractivity contribution is 5.82. The van der Waals surface area contributed by atoms with Crippen LogP contribution < -0.4 is 0 Å². The summed E-state index contributed by atoms with van der Waals surface area (Å²) in [6.45, 7) is 1.22.